The highest BCUT2D eigenvalue weighted by atomic mass is 15.2. The van der Waals surface area contributed by atoms with Crippen LogP contribution in [0.3, 0.4) is 0 Å². The van der Waals surface area contributed by atoms with Crippen LogP contribution in [0, 0.1) is 5.41 Å². The van der Waals surface area contributed by atoms with Crippen molar-refractivity contribution >= 4 is 5.69 Å². The Balaban J connectivity index is 1.94. The topological polar surface area (TPSA) is 28.2 Å². The number of rotatable bonds is 7. The van der Waals surface area contributed by atoms with Crippen LogP contribution in [0.25, 0.3) is 0 Å². The fourth-order valence-electron chi connectivity index (χ4n) is 3.16. The average molecular weight is 275 g/mol. The van der Waals surface area contributed by atoms with Crippen molar-refractivity contribution < 1.29 is 0 Å². The van der Waals surface area contributed by atoms with E-state index in [9.17, 15) is 0 Å². The Kier molecular flexibility index (Phi) is 5.41. The Hall–Kier alpha value is -1.09. The molecule has 0 amide bonds. The minimum atomic E-state index is 0.554. The van der Waals surface area contributed by atoms with Gasteiger partial charge in [0.15, 0.2) is 0 Å². The molecule has 3 nitrogen and oxygen atoms in total. The third kappa shape index (κ3) is 3.72. The van der Waals surface area contributed by atoms with Crippen LogP contribution in [-0.4, -0.2) is 29.5 Å². The lowest BCUT2D eigenvalue weighted by Crippen LogP contribution is -2.26. The second-order valence-corrected chi connectivity index (χ2v) is 6.13. The molecule has 0 atom stereocenters. The highest BCUT2D eigenvalue weighted by Crippen LogP contribution is 2.37. The zero-order chi connectivity index (χ0) is 14.4. The van der Waals surface area contributed by atoms with Gasteiger partial charge in [-0.3, -0.25) is 9.88 Å². The molecule has 2 heterocycles. The molecule has 0 aromatic carbocycles. The Bertz CT molecular complexity index is 412. The predicted octanol–water partition coefficient (Wildman–Crippen LogP) is 3.92. The molecule has 1 saturated heterocycles. The molecule has 1 fully saturated rings. The summed E-state index contributed by atoms with van der Waals surface area (Å²) in [5.74, 6) is 0. The summed E-state index contributed by atoms with van der Waals surface area (Å²) in [4.78, 5) is 7.10. The number of anilines is 1. The number of likely N-dealkylation sites (tertiary alicyclic amines) is 1. The summed E-state index contributed by atoms with van der Waals surface area (Å²) in [7, 11) is 0. The summed E-state index contributed by atoms with van der Waals surface area (Å²) in [5, 5.41) is 3.44. The first-order valence-corrected chi connectivity index (χ1v) is 8.12. The highest BCUT2D eigenvalue weighted by Gasteiger charge is 2.34. The Morgan fingerprint density at radius 3 is 2.75 bits per heavy atom. The fourth-order valence-corrected chi connectivity index (χ4v) is 3.16. The molecular formula is C17H29N3. The maximum Gasteiger partial charge on any atom is 0.0564 e. The smallest absolute Gasteiger partial charge is 0.0564 e. The molecule has 20 heavy (non-hydrogen) atoms. The van der Waals surface area contributed by atoms with Gasteiger partial charge in [-0.2, -0.15) is 0 Å². The molecule has 0 bridgehead atoms. The summed E-state index contributed by atoms with van der Waals surface area (Å²) in [6, 6.07) is 4.26. The molecule has 1 aromatic rings. The van der Waals surface area contributed by atoms with Crippen molar-refractivity contribution in [1.82, 2.24) is 9.88 Å². The Morgan fingerprint density at radius 2 is 2.10 bits per heavy atom. The third-order valence-corrected chi connectivity index (χ3v) is 4.80. The predicted molar refractivity (Wildman–Crippen MR) is 85.9 cm³/mol. The van der Waals surface area contributed by atoms with Gasteiger partial charge in [0.25, 0.3) is 0 Å². The quantitative estimate of drug-likeness (QED) is 0.817. The van der Waals surface area contributed by atoms with Gasteiger partial charge in [0, 0.05) is 31.5 Å². The van der Waals surface area contributed by atoms with E-state index in [0.717, 1.165) is 19.5 Å². The van der Waals surface area contributed by atoms with E-state index in [1.54, 1.807) is 0 Å². The summed E-state index contributed by atoms with van der Waals surface area (Å²) in [5.41, 5.74) is 2.94. The van der Waals surface area contributed by atoms with Crippen LogP contribution in [0.15, 0.2) is 18.3 Å². The van der Waals surface area contributed by atoms with E-state index >= 15 is 0 Å². The van der Waals surface area contributed by atoms with Gasteiger partial charge in [0.05, 0.1) is 5.69 Å². The number of hydrogen-bond acceptors (Lipinski definition) is 3. The van der Waals surface area contributed by atoms with Gasteiger partial charge in [-0.1, -0.05) is 20.8 Å². The van der Waals surface area contributed by atoms with Gasteiger partial charge in [0.1, 0.15) is 0 Å². The summed E-state index contributed by atoms with van der Waals surface area (Å²) in [6.07, 6.45) is 7.01. The minimum absolute atomic E-state index is 0.554. The largest absolute Gasteiger partial charge is 0.385 e. The second kappa shape index (κ2) is 7.07. The number of aromatic nitrogens is 1. The van der Waals surface area contributed by atoms with Crippen LogP contribution < -0.4 is 5.32 Å². The molecular weight excluding hydrogens is 246 g/mol. The van der Waals surface area contributed by atoms with E-state index in [4.69, 9.17) is 0 Å². The molecule has 1 aromatic heterocycles. The van der Waals surface area contributed by atoms with Crippen LogP contribution in [0.2, 0.25) is 0 Å². The minimum Gasteiger partial charge on any atom is -0.385 e. The molecule has 2 rings (SSSR count). The molecule has 0 saturated carbocycles. The van der Waals surface area contributed by atoms with E-state index in [-0.39, 0.29) is 0 Å². The number of pyridine rings is 1. The van der Waals surface area contributed by atoms with Gasteiger partial charge in [-0.25, -0.2) is 0 Å². The van der Waals surface area contributed by atoms with Crippen molar-refractivity contribution in [2.24, 2.45) is 5.41 Å². The van der Waals surface area contributed by atoms with Crippen molar-refractivity contribution in [2.45, 2.75) is 53.0 Å². The Morgan fingerprint density at radius 1 is 1.30 bits per heavy atom. The van der Waals surface area contributed by atoms with E-state index < -0.39 is 0 Å². The molecule has 0 radical (unpaired) electrons. The van der Waals surface area contributed by atoms with Crippen LogP contribution in [0.1, 0.15) is 52.1 Å². The monoisotopic (exact) mass is 275 g/mol. The van der Waals surface area contributed by atoms with Crippen LogP contribution in [0.4, 0.5) is 5.69 Å². The SMILES string of the molecule is CCCNc1ccnc(CN2CCC(CC)(CC)C2)c1. The zero-order valence-corrected chi connectivity index (χ0v) is 13.3. The molecule has 1 aliphatic heterocycles. The first-order valence-electron chi connectivity index (χ1n) is 8.12. The van der Waals surface area contributed by atoms with Crippen molar-refractivity contribution in [2.75, 3.05) is 25.0 Å². The van der Waals surface area contributed by atoms with Gasteiger partial charge >= 0.3 is 0 Å². The fraction of sp³-hybridized carbons (Fsp3) is 0.706. The first-order chi connectivity index (χ1) is 9.71. The van der Waals surface area contributed by atoms with E-state index in [2.05, 4.69) is 48.1 Å². The lowest BCUT2D eigenvalue weighted by atomic mass is 9.82. The van der Waals surface area contributed by atoms with E-state index in [1.165, 1.54) is 43.7 Å². The second-order valence-electron chi connectivity index (χ2n) is 6.13. The van der Waals surface area contributed by atoms with Gasteiger partial charge in [-0.05, 0) is 49.8 Å². The van der Waals surface area contributed by atoms with Crippen LogP contribution >= 0.6 is 0 Å². The summed E-state index contributed by atoms with van der Waals surface area (Å²) >= 11 is 0. The first kappa shape index (κ1) is 15.3. The lowest BCUT2D eigenvalue weighted by Gasteiger charge is -2.26. The van der Waals surface area contributed by atoms with Crippen molar-refractivity contribution in [3.05, 3.63) is 24.0 Å². The molecule has 0 spiro atoms. The lowest BCUT2D eigenvalue weighted by molar-refractivity contribution is 0.235. The number of hydrogen-bond donors (Lipinski definition) is 1. The standard InChI is InChI=1S/C17H29N3/c1-4-9-18-15-7-10-19-16(12-15)13-20-11-8-17(5-2,6-3)14-20/h7,10,12H,4-6,8-9,11,13-14H2,1-3H3,(H,18,19). The maximum absolute atomic E-state index is 4.53. The number of nitrogens with zero attached hydrogens (tertiary/aromatic N) is 2. The highest BCUT2D eigenvalue weighted by molar-refractivity contribution is 5.43. The normalized spacial score (nSPS) is 18.4. The van der Waals surface area contributed by atoms with E-state index in [1.807, 2.05) is 6.20 Å². The van der Waals surface area contributed by atoms with Crippen LogP contribution in [0.5, 0.6) is 0 Å². The Labute approximate surface area is 123 Å². The maximum atomic E-state index is 4.53. The average Bonchev–Trinajstić information content (AvgIpc) is 2.89. The van der Waals surface area contributed by atoms with Gasteiger partial charge < -0.3 is 5.32 Å². The molecule has 1 aliphatic rings. The zero-order valence-electron chi connectivity index (χ0n) is 13.3. The molecule has 3 heteroatoms. The van der Waals surface area contributed by atoms with Gasteiger partial charge in [0.2, 0.25) is 0 Å². The molecule has 0 aliphatic carbocycles. The molecule has 112 valence electrons. The van der Waals surface area contributed by atoms with Crippen molar-refractivity contribution in [3.8, 4) is 0 Å². The van der Waals surface area contributed by atoms with E-state index in [0.29, 0.717) is 5.41 Å². The molecule has 1 N–H and O–H groups in total. The number of nitrogens with one attached hydrogen (secondary N) is 1. The van der Waals surface area contributed by atoms with Crippen molar-refractivity contribution in [1.29, 1.82) is 0 Å². The molecule has 0 unspecified atom stereocenters. The van der Waals surface area contributed by atoms with Crippen molar-refractivity contribution in [3.63, 3.8) is 0 Å². The summed E-state index contributed by atoms with van der Waals surface area (Å²) < 4.78 is 0. The third-order valence-electron chi connectivity index (χ3n) is 4.80. The van der Waals surface area contributed by atoms with Gasteiger partial charge in [-0.15, -0.1) is 0 Å². The van der Waals surface area contributed by atoms with Crippen LogP contribution in [-0.2, 0) is 6.54 Å². The summed E-state index contributed by atoms with van der Waals surface area (Å²) in [6.45, 7) is 11.3.